The molecule has 1 aliphatic rings. The second kappa shape index (κ2) is 11.6. The third-order valence-corrected chi connectivity index (χ3v) is 6.32. The molecule has 40 heavy (non-hydrogen) atoms. The third-order valence-electron chi connectivity index (χ3n) is 6.32. The smallest absolute Gasteiger partial charge is 0.322 e. The maximum Gasteiger partial charge on any atom is 0.322 e. The van der Waals surface area contributed by atoms with Crippen molar-refractivity contribution in [1.82, 2.24) is 25.3 Å². The number of aromatic amines is 1. The minimum Gasteiger partial charge on any atom is -0.480 e. The molecule has 5 rings (SSSR count). The van der Waals surface area contributed by atoms with Gasteiger partial charge >= 0.3 is 5.97 Å². The Balaban J connectivity index is 1.36. The number of aliphatic carboxylic acids is 1. The van der Waals surface area contributed by atoms with Gasteiger partial charge in [-0.1, -0.05) is 30.3 Å². The molecule has 1 aliphatic heterocycles. The fraction of sp³-hybridized carbons (Fsp3) is 0.250. The number of rotatable bonds is 9. The summed E-state index contributed by atoms with van der Waals surface area (Å²) >= 11 is 0. The summed E-state index contributed by atoms with van der Waals surface area (Å²) in [5.41, 5.74) is 2.04. The van der Waals surface area contributed by atoms with Gasteiger partial charge in [0, 0.05) is 18.3 Å². The summed E-state index contributed by atoms with van der Waals surface area (Å²) in [6.07, 6.45) is 0.587. The number of nitrogens with zero attached hydrogens (tertiary/aromatic N) is 3. The number of carbonyl (C=O) groups is 2. The number of halogens is 1. The van der Waals surface area contributed by atoms with Crippen molar-refractivity contribution in [3.63, 3.8) is 0 Å². The molecule has 0 spiro atoms. The highest BCUT2D eigenvalue weighted by Crippen LogP contribution is 2.35. The van der Waals surface area contributed by atoms with Gasteiger partial charge in [0.25, 0.3) is 0 Å². The first-order valence-electron chi connectivity index (χ1n) is 12.5. The van der Waals surface area contributed by atoms with E-state index in [1.165, 1.54) is 18.3 Å². The predicted octanol–water partition coefficient (Wildman–Crippen LogP) is 3.54. The van der Waals surface area contributed by atoms with Crippen LogP contribution >= 0.6 is 0 Å². The van der Waals surface area contributed by atoms with Crippen LogP contribution in [0, 0.1) is 11.2 Å². The van der Waals surface area contributed by atoms with E-state index in [1.54, 1.807) is 25.1 Å². The zero-order valence-electron chi connectivity index (χ0n) is 21.6. The van der Waals surface area contributed by atoms with E-state index < -0.39 is 23.5 Å². The number of imidazole rings is 1. The fourth-order valence-electron chi connectivity index (χ4n) is 4.13. The van der Waals surface area contributed by atoms with Crippen molar-refractivity contribution in [2.75, 3.05) is 25.1 Å². The van der Waals surface area contributed by atoms with Crippen LogP contribution in [0.25, 0.3) is 22.6 Å². The number of benzene rings is 2. The summed E-state index contributed by atoms with van der Waals surface area (Å²) in [5, 5.41) is 14.5. The molecule has 206 valence electrons. The highest BCUT2D eigenvalue weighted by Gasteiger charge is 2.40. The topological polar surface area (TPSA) is 151 Å². The lowest BCUT2D eigenvalue weighted by molar-refractivity contribution is -0.231. The predicted molar refractivity (Wildman–Crippen MR) is 142 cm³/mol. The van der Waals surface area contributed by atoms with Crippen LogP contribution in [-0.4, -0.2) is 56.7 Å². The fourth-order valence-corrected chi connectivity index (χ4v) is 4.13. The zero-order valence-corrected chi connectivity index (χ0v) is 21.6. The number of carbonyl (C=O) groups excluding carboxylic acids is 1. The van der Waals surface area contributed by atoms with Crippen molar-refractivity contribution in [2.24, 2.45) is 5.41 Å². The van der Waals surface area contributed by atoms with Crippen molar-refractivity contribution >= 4 is 17.8 Å². The van der Waals surface area contributed by atoms with E-state index in [4.69, 9.17) is 14.6 Å². The van der Waals surface area contributed by atoms with Gasteiger partial charge in [-0.15, -0.1) is 0 Å². The van der Waals surface area contributed by atoms with Gasteiger partial charge < -0.3 is 30.2 Å². The highest BCUT2D eigenvalue weighted by atomic mass is 19.1. The molecule has 11 nitrogen and oxygen atoms in total. The van der Waals surface area contributed by atoms with Gasteiger partial charge in [-0.25, -0.2) is 19.3 Å². The Morgan fingerprint density at radius 1 is 1.07 bits per heavy atom. The van der Waals surface area contributed by atoms with Crippen LogP contribution in [0.15, 0.2) is 66.9 Å². The minimum atomic E-state index is -1.06. The Labute approximate surface area is 228 Å². The summed E-state index contributed by atoms with van der Waals surface area (Å²) in [6, 6.07) is 17.0. The van der Waals surface area contributed by atoms with Crippen LogP contribution in [0.5, 0.6) is 0 Å². The van der Waals surface area contributed by atoms with Crippen molar-refractivity contribution < 1.29 is 28.6 Å². The van der Waals surface area contributed by atoms with E-state index in [2.05, 4.69) is 30.6 Å². The Morgan fingerprint density at radius 2 is 1.80 bits per heavy atom. The molecule has 1 saturated heterocycles. The van der Waals surface area contributed by atoms with Crippen LogP contribution in [0.3, 0.4) is 0 Å². The number of carboxylic acids is 1. The molecule has 0 unspecified atom stereocenters. The molecule has 2 aromatic heterocycles. The van der Waals surface area contributed by atoms with Crippen LogP contribution in [-0.2, 0) is 25.6 Å². The van der Waals surface area contributed by atoms with Gasteiger partial charge in [0.05, 0.1) is 35.7 Å². The number of hydrogen-bond acceptors (Lipinski definition) is 8. The molecule has 4 N–H and O–H groups in total. The first-order chi connectivity index (χ1) is 19.3. The van der Waals surface area contributed by atoms with Crippen molar-refractivity contribution in [2.45, 2.75) is 19.8 Å². The van der Waals surface area contributed by atoms with Crippen molar-refractivity contribution in [3.8, 4) is 22.6 Å². The quantitative estimate of drug-likeness (QED) is 0.247. The van der Waals surface area contributed by atoms with Gasteiger partial charge in [0.15, 0.2) is 5.82 Å². The maximum atomic E-state index is 13.6. The zero-order chi connectivity index (χ0) is 28.1. The number of hydrogen-bond donors (Lipinski definition) is 4. The summed E-state index contributed by atoms with van der Waals surface area (Å²) < 4.78 is 25.5. The van der Waals surface area contributed by atoms with E-state index in [0.717, 1.165) is 5.56 Å². The summed E-state index contributed by atoms with van der Waals surface area (Å²) in [7, 11) is 0. The molecule has 1 fully saturated rings. The average molecular weight is 547 g/mol. The summed E-state index contributed by atoms with van der Waals surface area (Å²) in [6.45, 7) is 2.00. The third kappa shape index (κ3) is 6.14. The Kier molecular flexibility index (Phi) is 7.80. The lowest BCUT2D eigenvalue weighted by atomic mass is 9.91. The molecule has 12 heteroatoms. The number of carboxylic acid groups (broad SMARTS) is 1. The lowest BCUT2D eigenvalue weighted by Gasteiger charge is -2.35. The second-order valence-corrected chi connectivity index (χ2v) is 9.55. The second-order valence-electron chi connectivity index (χ2n) is 9.55. The molecular formula is C28H27FN6O5. The average Bonchev–Trinajstić information content (AvgIpc) is 3.42. The molecular weight excluding hydrogens is 519 g/mol. The monoisotopic (exact) mass is 546 g/mol. The van der Waals surface area contributed by atoms with Crippen LogP contribution in [0.2, 0.25) is 0 Å². The number of ether oxygens (including phenoxy) is 2. The van der Waals surface area contributed by atoms with Crippen LogP contribution in [0.1, 0.15) is 24.6 Å². The minimum absolute atomic E-state index is 0.0942. The van der Waals surface area contributed by atoms with Crippen molar-refractivity contribution in [3.05, 3.63) is 84.1 Å². The number of aromatic nitrogens is 4. The number of anilines is 1. The Hall–Kier alpha value is -4.68. The standard InChI is InChI=1S/C28H27FN6O5/c1-28(26(38)31-13-17-5-3-2-4-6-17)15-39-25(40-16-28)24-34-22(18-7-9-19(29)10-8-18)23(35-24)20-11-12-30-27(33-20)32-14-21(36)37/h2-12,25H,13-16H2,1H3,(H,31,38)(H,34,35)(H,36,37)(H,30,32,33). The molecule has 0 saturated carbocycles. The first kappa shape index (κ1) is 26.9. The van der Waals surface area contributed by atoms with E-state index in [1.807, 2.05) is 30.3 Å². The molecule has 4 aromatic rings. The van der Waals surface area contributed by atoms with Gasteiger partial charge in [0.2, 0.25) is 18.1 Å². The molecule has 0 atom stereocenters. The van der Waals surface area contributed by atoms with Gasteiger partial charge in [0.1, 0.15) is 12.4 Å². The molecule has 3 heterocycles. The van der Waals surface area contributed by atoms with E-state index >= 15 is 0 Å². The maximum absolute atomic E-state index is 13.6. The lowest BCUT2D eigenvalue weighted by Crippen LogP contribution is -2.48. The summed E-state index contributed by atoms with van der Waals surface area (Å²) in [4.78, 5) is 40.2. The number of H-pyrrole nitrogens is 1. The van der Waals surface area contributed by atoms with E-state index in [-0.39, 0.29) is 31.6 Å². The number of amides is 1. The Morgan fingerprint density at radius 3 is 2.50 bits per heavy atom. The van der Waals surface area contributed by atoms with Gasteiger partial charge in [-0.2, -0.15) is 0 Å². The normalized spacial score (nSPS) is 18.7. The van der Waals surface area contributed by atoms with Gasteiger partial charge in [-0.05, 0) is 42.8 Å². The van der Waals surface area contributed by atoms with E-state index in [9.17, 15) is 14.0 Å². The van der Waals surface area contributed by atoms with Crippen LogP contribution in [0.4, 0.5) is 10.3 Å². The molecule has 0 radical (unpaired) electrons. The molecule has 1 amide bonds. The largest absolute Gasteiger partial charge is 0.480 e. The van der Waals surface area contributed by atoms with Crippen molar-refractivity contribution in [1.29, 1.82) is 0 Å². The summed E-state index contributed by atoms with van der Waals surface area (Å²) in [5.74, 6) is -1.20. The number of nitrogens with one attached hydrogen (secondary N) is 3. The molecule has 0 bridgehead atoms. The van der Waals surface area contributed by atoms with Gasteiger partial charge in [-0.3, -0.25) is 9.59 Å². The van der Waals surface area contributed by atoms with E-state index in [0.29, 0.717) is 35.0 Å². The molecule has 0 aliphatic carbocycles. The van der Waals surface area contributed by atoms with Crippen LogP contribution < -0.4 is 10.6 Å². The SMILES string of the molecule is CC1(C(=O)NCc2ccccc2)COC(c2nc(-c3ccc(F)cc3)c(-c3ccnc(NCC(=O)O)n3)[nH]2)OC1. The first-order valence-corrected chi connectivity index (χ1v) is 12.5. The molecule has 2 aromatic carbocycles. The Bertz CT molecular complexity index is 1490. The highest BCUT2D eigenvalue weighted by molar-refractivity contribution is 5.82.